The lowest BCUT2D eigenvalue weighted by Gasteiger charge is -2.19. The smallest absolute Gasteiger partial charge is 0.333 e. The lowest BCUT2D eigenvalue weighted by atomic mass is 10.1. The Morgan fingerprint density at radius 1 is 1.10 bits per heavy atom. The maximum absolute atomic E-state index is 12.1. The maximum atomic E-state index is 12.1. The molecule has 3 nitrogen and oxygen atoms in total. The molecule has 0 saturated heterocycles. The Balaban J connectivity index is 2.23. The number of aryl methyl sites for hydroxylation is 1. The zero-order valence-electron chi connectivity index (χ0n) is 11.8. The van der Waals surface area contributed by atoms with Crippen molar-refractivity contribution in [1.82, 2.24) is 0 Å². The molecule has 0 aliphatic carbocycles. The number of hydrogen-bond acceptors (Lipinski definition) is 3. The van der Waals surface area contributed by atoms with Gasteiger partial charge in [0.25, 0.3) is 0 Å². The Hall–Kier alpha value is -2.29. The average molecular weight is 269 g/mol. The Morgan fingerprint density at radius 2 is 1.75 bits per heavy atom. The van der Waals surface area contributed by atoms with E-state index >= 15 is 0 Å². The lowest BCUT2D eigenvalue weighted by Crippen LogP contribution is -2.23. The number of benzene rings is 2. The fourth-order valence-corrected chi connectivity index (χ4v) is 1.97. The van der Waals surface area contributed by atoms with Gasteiger partial charge >= 0.3 is 5.97 Å². The standard InChI is InChI=1S/C17H19NO2/c1-3-20-17(19)16(14-7-5-4-6-8-14)18-15-11-9-13(2)10-12-15/h4-12,16,18H,3H2,1-2H3. The molecule has 0 aliphatic rings. The Morgan fingerprint density at radius 3 is 2.35 bits per heavy atom. The molecule has 0 spiro atoms. The second kappa shape index (κ2) is 6.75. The molecule has 0 bridgehead atoms. The van der Waals surface area contributed by atoms with E-state index in [2.05, 4.69) is 5.32 Å². The summed E-state index contributed by atoms with van der Waals surface area (Å²) in [4.78, 5) is 12.1. The maximum Gasteiger partial charge on any atom is 0.333 e. The number of hydrogen-bond donors (Lipinski definition) is 1. The van der Waals surface area contributed by atoms with Gasteiger partial charge in [0.15, 0.2) is 6.04 Å². The molecule has 1 unspecified atom stereocenters. The van der Waals surface area contributed by atoms with E-state index in [0.717, 1.165) is 11.3 Å². The van der Waals surface area contributed by atoms with E-state index in [0.29, 0.717) is 6.61 Å². The molecular formula is C17H19NO2. The third kappa shape index (κ3) is 3.60. The van der Waals surface area contributed by atoms with E-state index in [4.69, 9.17) is 4.74 Å². The summed E-state index contributed by atoms with van der Waals surface area (Å²) in [6.07, 6.45) is 0. The molecule has 2 aromatic rings. The summed E-state index contributed by atoms with van der Waals surface area (Å²) >= 11 is 0. The highest BCUT2D eigenvalue weighted by molar-refractivity contribution is 5.81. The number of carbonyl (C=O) groups is 1. The molecule has 0 heterocycles. The monoisotopic (exact) mass is 269 g/mol. The lowest BCUT2D eigenvalue weighted by molar-refractivity contribution is -0.144. The minimum Gasteiger partial charge on any atom is -0.464 e. The summed E-state index contributed by atoms with van der Waals surface area (Å²) < 4.78 is 5.15. The topological polar surface area (TPSA) is 38.3 Å². The van der Waals surface area contributed by atoms with Gasteiger partial charge in [-0.05, 0) is 31.5 Å². The van der Waals surface area contributed by atoms with E-state index in [1.54, 1.807) is 0 Å². The highest BCUT2D eigenvalue weighted by Gasteiger charge is 2.21. The van der Waals surface area contributed by atoms with Crippen molar-refractivity contribution in [3.05, 3.63) is 65.7 Å². The van der Waals surface area contributed by atoms with Crippen LogP contribution in [-0.2, 0) is 9.53 Å². The Labute approximate surface area is 119 Å². The molecule has 0 aromatic heterocycles. The minimum atomic E-state index is -0.487. The van der Waals surface area contributed by atoms with Gasteiger partial charge in [-0.2, -0.15) is 0 Å². The van der Waals surface area contributed by atoms with Crippen molar-refractivity contribution in [2.45, 2.75) is 19.9 Å². The van der Waals surface area contributed by atoms with E-state index < -0.39 is 6.04 Å². The van der Waals surface area contributed by atoms with Crippen molar-refractivity contribution in [3.63, 3.8) is 0 Å². The van der Waals surface area contributed by atoms with Crippen molar-refractivity contribution in [1.29, 1.82) is 0 Å². The highest BCUT2D eigenvalue weighted by Crippen LogP contribution is 2.21. The van der Waals surface area contributed by atoms with Gasteiger partial charge in [0.05, 0.1) is 6.61 Å². The predicted octanol–water partition coefficient (Wildman–Crippen LogP) is 3.71. The number of anilines is 1. The van der Waals surface area contributed by atoms with E-state index in [1.165, 1.54) is 5.56 Å². The number of nitrogens with one attached hydrogen (secondary N) is 1. The van der Waals surface area contributed by atoms with Crippen molar-refractivity contribution in [2.24, 2.45) is 0 Å². The number of carbonyl (C=O) groups excluding carboxylic acids is 1. The van der Waals surface area contributed by atoms with Gasteiger partial charge in [-0.1, -0.05) is 48.0 Å². The number of ether oxygens (including phenoxy) is 1. The normalized spacial score (nSPS) is 11.7. The largest absolute Gasteiger partial charge is 0.464 e. The van der Waals surface area contributed by atoms with Crippen molar-refractivity contribution in [3.8, 4) is 0 Å². The Bertz CT molecular complexity index is 549. The van der Waals surface area contributed by atoms with Gasteiger partial charge in [0.1, 0.15) is 0 Å². The van der Waals surface area contributed by atoms with Crippen LogP contribution >= 0.6 is 0 Å². The molecule has 0 radical (unpaired) electrons. The highest BCUT2D eigenvalue weighted by atomic mass is 16.5. The molecule has 0 fully saturated rings. The van der Waals surface area contributed by atoms with Crippen molar-refractivity contribution < 1.29 is 9.53 Å². The Kier molecular flexibility index (Phi) is 4.77. The van der Waals surface area contributed by atoms with Gasteiger partial charge < -0.3 is 10.1 Å². The van der Waals surface area contributed by atoms with E-state index in [-0.39, 0.29) is 5.97 Å². The first-order valence-electron chi connectivity index (χ1n) is 6.75. The zero-order chi connectivity index (χ0) is 14.4. The third-order valence-corrected chi connectivity index (χ3v) is 3.02. The summed E-state index contributed by atoms with van der Waals surface area (Å²) in [7, 11) is 0. The summed E-state index contributed by atoms with van der Waals surface area (Å²) in [6.45, 7) is 4.22. The first-order valence-corrected chi connectivity index (χ1v) is 6.75. The van der Waals surface area contributed by atoms with Crippen LogP contribution in [0.1, 0.15) is 24.1 Å². The van der Waals surface area contributed by atoms with Gasteiger partial charge in [-0.15, -0.1) is 0 Å². The first kappa shape index (κ1) is 14.1. The number of esters is 1. The van der Waals surface area contributed by atoms with Gasteiger partial charge in [-0.3, -0.25) is 0 Å². The third-order valence-electron chi connectivity index (χ3n) is 3.02. The van der Waals surface area contributed by atoms with Gasteiger partial charge in [0, 0.05) is 5.69 Å². The van der Waals surface area contributed by atoms with Crippen molar-refractivity contribution in [2.75, 3.05) is 11.9 Å². The van der Waals surface area contributed by atoms with Crippen LogP contribution in [0.3, 0.4) is 0 Å². The summed E-state index contributed by atoms with van der Waals surface area (Å²) in [5.41, 5.74) is 2.98. The van der Waals surface area contributed by atoms with Crippen LogP contribution in [0.5, 0.6) is 0 Å². The van der Waals surface area contributed by atoms with Gasteiger partial charge in [0.2, 0.25) is 0 Å². The van der Waals surface area contributed by atoms with Gasteiger partial charge in [-0.25, -0.2) is 4.79 Å². The second-order valence-electron chi connectivity index (χ2n) is 4.61. The van der Waals surface area contributed by atoms with E-state index in [9.17, 15) is 4.79 Å². The molecule has 20 heavy (non-hydrogen) atoms. The van der Waals surface area contributed by atoms with Crippen LogP contribution in [0.25, 0.3) is 0 Å². The van der Waals surface area contributed by atoms with Crippen LogP contribution in [0, 0.1) is 6.92 Å². The van der Waals surface area contributed by atoms with Crippen LogP contribution in [0.2, 0.25) is 0 Å². The molecule has 0 saturated carbocycles. The molecule has 0 amide bonds. The molecule has 3 heteroatoms. The SMILES string of the molecule is CCOC(=O)C(Nc1ccc(C)cc1)c1ccccc1. The fraction of sp³-hybridized carbons (Fsp3) is 0.235. The predicted molar refractivity (Wildman–Crippen MR) is 80.6 cm³/mol. The molecule has 2 aromatic carbocycles. The molecule has 104 valence electrons. The van der Waals surface area contributed by atoms with Crippen LogP contribution < -0.4 is 5.32 Å². The summed E-state index contributed by atoms with van der Waals surface area (Å²) in [5, 5.41) is 3.23. The van der Waals surface area contributed by atoms with Crippen LogP contribution in [0.4, 0.5) is 5.69 Å². The average Bonchev–Trinajstić information content (AvgIpc) is 2.48. The minimum absolute atomic E-state index is 0.265. The summed E-state index contributed by atoms with van der Waals surface area (Å²) in [5.74, 6) is -0.265. The molecule has 1 N–H and O–H groups in total. The molecular weight excluding hydrogens is 250 g/mol. The fourth-order valence-electron chi connectivity index (χ4n) is 1.97. The second-order valence-corrected chi connectivity index (χ2v) is 4.61. The quantitative estimate of drug-likeness (QED) is 0.841. The summed E-state index contributed by atoms with van der Waals surface area (Å²) in [6, 6.07) is 17.1. The molecule has 1 atom stereocenters. The van der Waals surface area contributed by atoms with E-state index in [1.807, 2.05) is 68.4 Å². The van der Waals surface area contributed by atoms with Crippen molar-refractivity contribution >= 4 is 11.7 Å². The number of rotatable bonds is 5. The molecule has 2 rings (SSSR count). The van der Waals surface area contributed by atoms with Crippen LogP contribution in [-0.4, -0.2) is 12.6 Å². The van der Waals surface area contributed by atoms with Crippen LogP contribution in [0.15, 0.2) is 54.6 Å². The zero-order valence-corrected chi connectivity index (χ0v) is 11.8. The molecule has 0 aliphatic heterocycles. The first-order chi connectivity index (χ1) is 9.70.